The van der Waals surface area contributed by atoms with Gasteiger partial charge in [-0.2, -0.15) is 0 Å². The van der Waals surface area contributed by atoms with Gasteiger partial charge in [0.05, 0.1) is 16.6 Å². The van der Waals surface area contributed by atoms with Gasteiger partial charge in [0, 0.05) is 43.6 Å². The average molecular weight is 675 g/mol. The topological polar surface area (TPSA) is 80.3 Å². The standard InChI is InChI=1S/C34H38Cl3N3O5/c1-22-16-29(36)33(30(37)17-22)45-15-14-44-27-10-8-26(9-11-27)40-31(19-38-20-32(40)41)34(42)39(25-6-7-25)21-24-18-23(4-3-13-43-2)5-12-28(24)35/h5,8-12,16-18,25,31,38H,3-4,6-7,13-15,19-21H2,1-2H3/t31-/m1/s1. The molecule has 1 aliphatic heterocycles. The number of methoxy groups -OCH3 is 1. The molecule has 0 aromatic heterocycles. The van der Waals surface area contributed by atoms with Crippen LogP contribution in [0.2, 0.25) is 15.1 Å². The highest BCUT2D eigenvalue weighted by Crippen LogP contribution is 2.35. The maximum atomic E-state index is 14.1. The first-order valence-corrected chi connectivity index (χ1v) is 16.3. The lowest BCUT2D eigenvalue weighted by molar-refractivity contribution is -0.136. The number of benzene rings is 3. The van der Waals surface area contributed by atoms with Crippen molar-refractivity contribution in [1.29, 1.82) is 0 Å². The monoisotopic (exact) mass is 673 g/mol. The Balaban J connectivity index is 1.24. The number of anilines is 1. The summed E-state index contributed by atoms with van der Waals surface area (Å²) in [5.41, 5.74) is 3.65. The largest absolute Gasteiger partial charge is 0.490 e. The van der Waals surface area contributed by atoms with E-state index in [1.54, 1.807) is 48.4 Å². The summed E-state index contributed by atoms with van der Waals surface area (Å²) in [6.07, 6.45) is 3.64. The minimum Gasteiger partial charge on any atom is -0.490 e. The van der Waals surface area contributed by atoms with Crippen molar-refractivity contribution in [1.82, 2.24) is 10.2 Å². The van der Waals surface area contributed by atoms with E-state index in [2.05, 4.69) is 11.4 Å². The molecule has 0 unspecified atom stereocenters. The van der Waals surface area contributed by atoms with Crippen LogP contribution < -0.4 is 19.7 Å². The number of nitrogens with zero attached hydrogens (tertiary/aromatic N) is 2. The third-order valence-electron chi connectivity index (χ3n) is 7.87. The molecule has 3 aromatic rings. The maximum absolute atomic E-state index is 14.1. The van der Waals surface area contributed by atoms with E-state index in [1.165, 1.54) is 0 Å². The molecule has 1 aliphatic carbocycles. The van der Waals surface area contributed by atoms with Crippen LogP contribution in [0.1, 0.15) is 36.0 Å². The van der Waals surface area contributed by atoms with Gasteiger partial charge in [0.1, 0.15) is 25.0 Å². The Morgan fingerprint density at radius 2 is 1.67 bits per heavy atom. The molecule has 1 atom stereocenters. The molecule has 1 N–H and O–H groups in total. The van der Waals surface area contributed by atoms with Crippen molar-refractivity contribution in [2.45, 2.75) is 51.2 Å². The molecule has 3 aromatic carbocycles. The number of carbonyl (C=O) groups excluding carboxylic acids is 2. The molecular formula is C34H38Cl3N3O5. The van der Waals surface area contributed by atoms with E-state index in [1.807, 2.05) is 24.0 Å². The summed E-state index contributed by atoms with van der Waals surface area (Å²) in [6, 6.07) is 16.2. The minimum absolute atomic E-state index is 0.0928. The summed E-state index contributed by atoms with van der Waals surface area (Å²) >= 11 is 19.1. The lowest BCUT2D eigenvalue weighted by Gasteiger charge is -2.38. The van der Waals surface area contributed by atoms with E-state index in [4.69, 9.17) is 49.0 Å². The zero-order chi connectivity index (χ0) is 31.9. The summed E-state index contributed by atoms with van der Waals surface area (Å²) in [5.74, 6) is 0.772. The summed E-state index contributed by atoms with van der Waals surface area (Å²) in [6.45, 7) is 4.01. The van der Waals surface area contributed by atoms with Gasteiger partial charge in [0.25, 0.3) is 0 Å². The fourth-order valence-electron chi connectivity index (χ4n) is 5.49. The Morgan fingerprint density at radius 1 is 0.956 bits per heavy atom. The van der Waals surface area contributed by atoms with E-state index in [0.29, 0.717) is 52.0 Å². The SMILES string of the molecule is COCCCc1ccc(Cl)c(CN(C(=O)[C@H]2CNCC(=O)N2c2ccc(OCCOc3c(Cl)cc(C)cc3Cl)cc2)C2CC2)c1. The van der Waals surface area contributed by atoms with Crippen LogP contribution in [-0.2, 0) is 27.3 Å². The van der Waals surface area contributed by atoms with Crippen molar-refractivity contribution in [3.63, 3.8) is 0 Å². The molecule has 2 aliphatic rings. The van der Waals surface area contributed by atoms with E-state index < -0.39 is 6.04 Å². The molecule has 8 nitrogen and oxygen atoms in total. The van der Waals surface area contributed by atoms with E-state index in [-0.39, 0.29) is 37.6 Å². The normalized spacial score (nSPS) is 16.5. The van der Waals surface area contributed by atoms with Crippen LogP contribution in [0.3, 0.4) is 0 Å². The second-order valence-corrected chi connectivity index (χ2v) is 12.6. The fraction of sp³-hybridized carbons (Fsp3) is 0.412. The van der Waals surface area contributed by atoms with Gasteiger partial charge in [-0.05, 0) is 91.8 Å². The highest BCUT2D eigenvalue weighted by molar-refractivity contribution is 6.37. The Hall–Kier alpha value is -3.01. The Labute approximate surface area is 279 Å². The molecule has 240 valence electrons. The molecule has 1 heterocycles. The van der Waals surface area contributed by atoms with Crippen molar-refractivity contribution in [2.75, 3.05) is 44.9 Å². The van der Waals surface area contributed by atoms with Crippen LogP contribution in [0.5, 0.6) is 11.5 Å². The van der Waals surface area contributed by atoms with Gasteiger partial charge in [-0.15, -0.1) is 0 Å². The molecule has 0 spiro atoms. The van der Waals surface area contributed by atoms with Gasteiger partial charge < -0.3 is 24.4 Å². The number of nitrogens with one attached hydrogen (secondary N) is 1. The molecule has 1 saturated heterocycles. The lowest BCUT2D eigenvalue weighted by Crippen LogP contribution is -2.61. The van der Waals surface area contributed by atoms with Gasteiger partial charge in [-0.1, -0.05) is 46.9 Å². The van der Waals surface area contributed by atoms with Crippen molar-refractivity contribution in [3.8, 4) is 11.5 Å². The zero-order valence-corrected chi connectivity index (χ0v) is 27.8. The first-order valence-electron chi connectivity index (χ1n) is 15.2. The molecule has 11 heteroatoms. The minimum atomic E-state index is -0.681. The van der Waals surface area contributed by atoms with E-state index >= 15 is 0 Å². The third-order valence-corrected chi connectivity index (χ3v) is 8.80. The summed E-state index contributed by atoms with van der Waals surface area (Å²) in [5, 5.41) is 4.65. The second kappa shape index (κ2) is 15.5. The Bertz CT molecular complexity index is 1480. The summed E-state index contributed by atoms with van der Waals surface area (Å²) in [4.78, 5) is 30.8. The van der Waals surface area contributed by atoms with Gasteiger partial charge in [-0.3, -0.25) is 14.5 Å². The number of amides is 2. The molecule has 5 rings (SSSR count). The third kappa shape index (κ3) is 8.63. The molecule has 2 amide bonds. The van der Waals surface area contributed by atoms with E-state index in [0.717, 1.165) is 42.4 Å². The summed E-state index contributed by atoms with van der Waals surface area (Å²) in [7, 11) is 1.70. The number of halogens is 3. The Morgan fingerprint density at radius 3 is 2.36 bits per heavy atom. The fourth-order valence-corrected chi connectivity index (χ4v) is 6.37. The van der Waals surface area contributed by atoms with E-state index in [9.17, 15) is 9.59 Å². The van der Waals surface area contributed by atoms with Crippen molar-refractivity contribution in [2.24, 2.45) is 0 Å². The van der Waals surface area contributed by atoms with Crippen molar-refractivity contribution < 1.29 is 23.8 Å². The highest BCUT2D eigenvalue weighted by Gasteiger charge is 2.41. The quantitative estimate of drug-likeness (QED) is 0.197. The predicted molar refractivity (Wildman–Crippen MR) is 178 cm³/mol. The maximum Gasteiger partial charge on any atom is 0.247 e. The van der Waals surface area contributed by atoms with Crippen molar-refractivity contribution >= 4 is 52.3 Å². The number of hydrogen-bond acceptors (Lipinski definition) is 6. The number of carbonyl (C=O) groups is 2. The first kappa shape index (κ1) is 33.4. The molecule has 2 fully saturated rings. The van der Waals surface area contributed by atoms with Crippen LogP contribution in [0.4, 0.5) is 5.69 Å². The Kier molecular flexibility index (Phi) is 11.5. The number of ether oxygens (including phenoxy) is 3. The molecule has 0 bridgehead atoms. The van der Waals surface area contributed by atoms with Gasteiger partial charge in [0.15, 0.2) is 5.75 Å². The molecular weight excluding hydrogens is 637 g/mol. The van der Waals surface area contributed by atoms with Crippen LogP contribution in [0, 0.1) is 6.92 Å². The van der Waals surface area contributed by atoms with Gasteiger partial charge in [-0.25, -0.2) is 0 Å². The molecule has 1 saturated carbocycles. The van der Waals surface area contributed by atoms with Crippen LogP contribution in [-0.4, -0.2) is 68.8 Å². The van der Waals surface area contributed by atoms with Gasteiger partial charge in [0.2, 0.25) is 11.8 Å². The molecule has 0 radical (unpaired) electrons. The average Bonchev–Trinajstić information content (AvgIpc) is 3.86. The number of hydrogen-bond donors (Lipinski definition) is 1. The zero-order valence-electron chi connectivity index (χ0n) is 25.5. The number of piperazine rings is 1. The van der Waals surface area contributed by atoms with Gasteiger partial charge >= 0.3 is 0 Å². The predicted octanol–water partition coefficient (Wildman–Crippen LogP) is 6.49. The van der Waals surface area contributed by atoms with Crippen LogP contribution in [0.25, 0.3) is 0 Å². The summed E-state index contributed by atoms with van der Waals surface area (Å²) < 4.78 is 16.8. The first-order chi connectivity index (χ1) is 21.7. The smallest absolute Gasteiger partial charge is 0.247 e. The lowest BCUT2D eigenvalue weighted by atomic mass is 10.0. The van der Waals surface area contributed by atoms with Crippen molar-refractivity contribution in [3.05, 3.63) is 86.4 Å². The highest BCUT2D eigenvalue weighted by atomic mass is 35.5. The van der Waals surface area contributed by atoms with Crippen LogP contribution >= 0.6 is 34.8 Å². The number of rotatable bonds is 14. The second-order valence-electron chi connectivity index (χ2n) is 11.4. The number of aryl methyl sites for hydroxylation is 2. The molecule has 45 heavy (non-hydrogen) atoms. The van der Waals surface area contributed by atoms with Crippen LogP contribution in [0.15, 0.2) is 54.6 Å².